The minimum Gasteiger partial charge on any atom is -0.480 e. The number of carboxylic acids is 2. The van der Waals surface area contributed by atoms with Crippen LogP contribution < -0.4 is 16.8 Å². The van der Waals surface area contributed by atoms with Crippen LogP contribution in [0.1, 0.15) is 32.8 Å². The van der Waals surface area contributed by atoms with Gasteiger partial charge in [-0.25, -0.2) is 0 Å². The fourth-order valence-corrected chi connectivity index (χ4v) is 1.95. The maximum Gasteiger partial charge on any atom is 0.325 e. The number of hydrogen-bond acceptors (Lipinski definition) is 8. The summed E-state index contributed by atoms with van der Waals surface area (Å²) in [5, 5.41) is 26.8. The number of aliphatic hydroxyl groups excluding tert-OH is 1. The molecule has 11 heteroatoms. The molecule has 1 amide bonds. The number of ether oxygens (including phenoxy) is 1. The first-order valence-corrected chi connectivity index (χ1v) is 9.89. The Kier molecular flexibility index (Phi) is 17.2. The molecule has 0 aliphatic carbocycles. The molecule has 0 bridgehead atoms. The van der Waals surface area contributed by atoms with E-state index >= 15 is 0 Å². The molecule has 1 aromatic carbocycles. The van der Waals surface area contributed by atoms with E-state index in [-0.39, 0.29) is 11.9 Å². The van der Waals surface area contributed by atoms with E-state index in [4.69, 9.17) is 26.8 Å². The van der Waals surface area contributed by atoms with Gasteiger partial charge in [0.05, 0.1) is 7.11 Å². The Labute approximate surface area is 187 Å². The molecule has 32 heavy (non-hydrogen) atoms. The maximum absolute atomic E-state index is 11.0. The molecule has 0 fully saturated rings. The van der Waals surface area contributed by atoms with Gasteiger partial charge >= 0.3 is 17.9 Å². The van der Waals surface area contributed by atoms with Crippen molar-refractivity contribution in [2.75, 3.05) is 13.7 Å². The summed E-state index contributed by atoms with van der Waals surface area (Å²) in [7, 11) is 1.34. The summed E-state index contributed by atoms with van der Waals surface area (Å²) in [4.78, 5) is 41.5. The van der Waals surface area contributed by atoms with Crippen molar-refractivity contribution >= 4 is 23.8 Å². The molecule has 11 nitrogen and oxygen atoms in total. The number of benzene rings is 1. The molecule has 0 aliphatic rings. The average molecular weight is 458 g/mol. The molecule has 0 aromatic heterocycles. The van der Waals surface area contributed by atoms with Crippen molar-refractivity contribution in [2.45, 2.75) is 51.7 Å². The van der Waals surface area contributed by atoms with Gasteiger partial charge in [0.2, 0.25) is 5.91 Å². The highest BCUT2D eigenvalue weighted by Gasteiger charge is 2.17. The molecule has 4 atom stereocenters. The zero-order chi connectivity index (χ0) is 25.3. The first kappa shape index (κ1) is 31.2. The Hall–Kier alpha value is -3.02. The fraction of sp³-hybridized carbons (Fsp3) is 0.524. The number of carboxylic acid groups (broad SMARTS) is 2. The number of amides is 1. The van der Waals surface area contributed by atoms with Gasteiger partial charge in [-0.2, -0.15) is 0 Å². The Balaban J connectivity index is 0. The van der Waals surface area contributed by atoms with Crippen molar-refractivity contribution in [2.24, 2.45) is 17.4 Å². The Morgan fingerprint density at radius 1 is 1.03 bits per heavy atom. The van der Waals surface area contributed by atoms with Gasteiger partial charge in [0.15, 0.2) is 0 Å². The van der Waals surface area contributed by atoms with E-state index in [9.17, 15) is 19.2 Å². The second-order valence-corrected chi connectivity index (χ2v) is 6.85. The second-order valence-electron chi connectivity index (χ2n) is 6.85. The zero-order valence-corrected chi connectivity index (χ0v) is 18.9. The first-order valence-electron chi connectivity index (χ1n) is 9.89. The molecular formula is C21H35N3O8. The summed E-state index contributed by atoms with van der Waals surface area (Å²) in [6, 6.07) is 7.42. The Morgan fingerprint density at radius 3 is 1.91 bits per heavy atom. The molecule has 8 N–H and O–H groups in total. The summed E-state index contributed by atoms with van der Waals surface area (Å²) in [6.45, 7) is 4.39. The third-order valence-corrected chi connectivity index (χ3v) is 4.24. The molecule has 0 heterocycles. The van der Waals surface area contributed by atoms with Gasteiger partial charge in [-0.1, -0.05) is 50.6 Å². The molecule has 0 saturated heterocycles. The van der Waals surface area contributed by atoms with Gasteiger partial charge in [-0.15, -0.1) is 0 Å². The molecule has 0 aliphatic heterocycles. The molecule has 0 saturated carbocycles. The summed E-state index contributed by atoms with van der Waals surface area (Å²) in [5.74, 6) is -3.02. The van der Waals surface area contributed by atoms with E-state index < -0.39 is 42.6 Å². The van der Waals surface area contributed by atoms with Gasteiger partial charge in [-0.3, -0.25) is 19.2 Å². The van der Waals surface area contributed by atoms with Crippen molar-refractivity contribution in [3.63, 3.8) is 0 Å². The summed E-state index contributed by atoms with van der Waals surface area (Å²) < 4.78 is 4.52. The maximum atomic E-state index is 11.0. The quantitative estimate of drug-likeness (QED) is 0.268. The zero-order valence-electron chi connectivity index (χ0n) is 18.9. The Bertz CT molecular complexity index is 700. The third-order valence-electron chi connectivity index (χ3n) is 4.24. The van der Waals surface area contributed by atoms with E-state index in [1.54, 1.807) is 0 Å². The van der Waals surface area contributed by atoms with Crippen molar-refractivity contribution in [3.05, 3.63) is 35.9 Å². The Morgan fingerprint density at radius 2 is 1.56 bits per heavy atom. The fourth-order valence-electron chi connectivity index (χ4n) is 1.95. The number of methoxy groups -OCH3 is 1. The lowest BCUT2D eigenvalue weighted by atomic mass is 10.0. The van der Waals surface area contributed by atoms with Crippen LogP contribution in [0, 0.1) is 5.92 Å². The average Bonchev–Trinajstić information content (AvgIpc) is 2.78. The predicted molar refractivity (Wildman–Crippen MR) is 118 cm³/mol. The first-order chi connectivity index (χ1) is 14.9. The number of esters is 1. The van der Waals surface area contributed by atoms with Gasteiger partial charge in [0, 0.05) is 0 Å². The lowest BCUT2D eigenvalue weighted by Crippen LogP contribution is -2.39. The second kappa shape index (κ2) is 17.6. The molecule has 1 aromatic rings. The highest BCUT2D eigenvalue weighted by Crippen LogP contribution is 2.04. The van der Waals surface area contributed by atoms with E-state index in [0.29, 0.717) is 6.42 Å². The molecule has 0 radical (unpaired) electrons. The number of nitrogens with two attached hydrogens (primary N) is 2. The number of carbonyl (C=O) groups is 4. The van der Waals surface area contributed by atoms with E-state index in [1.165, 1.54) is 14.0 Å². The van der Waals surface area contributed by atoms with Crippen molar-refractivity contribution < 1.29 is 39.2 Å². The van der Waals surface area contributed by atoms with E-state index in [1.807, 2.05) is 49.5 Å². The molecule has 4 unspecified atom stereocenters. The number of hydrogen-bond donors (Lipinski definition) is 6. The minimum atomic E-state index is -1.12. The highest BCUT2D eigenvalue weighted by atomic mass is 16.5. The number of nitrogens with one attached hydrogen (secondary N) is 1. The lowest BCUT2D eigenvalue weighted by Gasteiger charge is -2.11. The smallest absolute Gasteiger partial charge is 0.325 e. The molecular weight excluding hydrogens is 422 g/mol. The van der Waals surface area contributed by atoms with Crippen LogP contribution in [0.5, 0.6) is 0 Å². The lowest BCUT2D eigenvalue weighted by molar-refractivity contribution is -0.142. The van der Waals surface area contributed by atoms with Crippen LogP contribution in [-0.4, -0.2) is 71.0 Å². The van der Waals surface area contributed by atoms with Crippen molar-refractivity contribution in [1.29, 1.82) is 0 Å². The van der Waals surface area contributed by atoms with Crippen LogP contribution >= 0.6 is 0 Å². The van der Waals surface area contributed by atoms with Gasteiger partial charge in [0.1, 0.15) is 24.7 Å². The van der Waals surface area contributed by atoms with Crippen LogP contribution in [0.4, 0.5) is 0 Å². The van der Waals surface area contributed by atoms with Crippen molar-refractivity contribution in [3.8, 4) is 0 Å². The molecule has 182 valence electrons. The largest absolute Gasteiger partial charge is 0.480 e. The van der Waals surface area contributed by atoms with E-state index in [2.05, 4.69) is 4.74 Å². The number of aliphatic hydroxyl groups is 1. The molecule has 0 spiro atoms. The number of carbonyl (C=O) groups excluding carboxylic acids is 2. The number of aliphatic carboxylic acids is 2. The predicted octanol–water partition coefficient (Wildman–Crippen LogP) is -0.258. The minimum absolute atomic E-state index is 0.0718. The molecule has 1 rings (SSSR count). The van der Waals surface area contributed by atoms with E-state index in [0.717, 1.165) is 12.0 Å². The summed E-state index contributed by atoms with van der Waals surface area (Å²) >= 11 is 0. The third kappa shape index (κ3) is 14.9. The highest BCUT2D eigenvalue weighted by molar-refractivity contribution is 5.83. The SMILES string of the molecule is CC(NC(=O)CO)C(=O)O.CCC(C)C(N)C(=O)O.COC(=O)C(N)Cc1ccccc1. The monoisotopic (exact) mass is 457 g/mol. The van der Waals surface area contributed by atoms with Gasteiger partial charge < -0.3 is 36.8 Å². The van der Waals surface area contributed by atoms with Gasteiger partial charge in [-0.05, 0) is 24.8 Å². The normalized spacial score (nSPS) is 13.5. The van der Waals surface area contributed by atoms with Crippen LogP contribution in [0.3, 0.4) is 0 Å². The standard InChI is InChI=1S/C10H13NO2.C6H13NO2.C5H9NO4/c1-13-10(12)9(11)7-8-5-3-2-4-6-8;1-3-4(2)5(7)6(8)9;1-3(5(9)10)6-4(8)2-7/h2-6,9H,7,11H2,1H3;4-5H,3,7H2,1-2H3,(H,8,9);3,7H,2H2,1H3,(H,6,8)(H,9,10). The summed E-state index contributed by atoms with van der Waals surface area (Å²) in [5.41, 5.74) is 11.9. The van der Waals surface area contributed by atoms with Crippen LogP contribution in [0.2, 0.25) is 0 Å². The number of rotatable bonds is 9. The van der Waals surface area contributed by atoms with Crippen LogP contribution in [-0.2, 0) is 30.3 Å². The van der Waals surface area contributed by atoms with Crippen LogP contribution in [0.15, 0.2) is 30.3 Å². The topological polar surface area (TPSA) is 202 Å². The van der Waals surface area contributed by atoms with Crippen molar-refractivity contribution in [1.82, 2.24) is 5.32 Å². The van der Waals surface area contributed by atoms with Gasteiger partial charge in [0.25, 0.3) is 0 Å². The summed E-state index contributed by atoms with van der Waals surface area (Å²) in [6.07, 6.45) is 1.33. The van der Waals surface area contributed by atoms with Crippen LogP contribution in [0.25, 0.3) is 0 Å².